The molecule has 1 saturated carbocycles. The summed E-state index contributed by atoms with van der Waals surface area (Å²) in [6.45, 7) is 4.35. The highest BCUT2D eigenvalue weighted by Crippen LogP contribution is 2.60. The normalized spacial score (nSPS) is 21.7. The molecular formula is C26H23Cl2NO4S2. The number of hydrogen-bond acceptors (Lipinski definition) is 6. The number of carbonyl (C=O) groups is 2. The first kappa shape index (κ1) is 25.8. The van der Waals surface area contributed by atoms with Crippen molar-refractivity contribution in [3.05, 3.63) is 75.1 Å². The minimum Gasteiger partial charge on any atom is -0.493 e. The van der Waals surface area contributed by atoms with Gasteiger partial charge in [0.1, 0.15) is 8.81 Å². The van der Waals surface area contributed by atoms with Crippen LogP contribution in [0.5, 0.6) is 11.5 Å². The number of halogens is 2. The second kappa shape index (κ2) is 10.3. The first-order valence-electron chi connectivity index (χ1n) is 10.8. The molecule has 2 aromatic carbocycles. The van der Waals surface area contributed by atoms with E-state index in [0.29, 0.717) is 27.3 Å². The number of methoxy groups -OCH3 is 1. The zero-order valence-electron chi connectivity index (χ0n) is 19.3. The van der Waals surface area contributed by atoms with Crippen LogP contribution < -0.4 is 9.47 Å². The van der Waals surface area contributed by atoms with Gasteiger partial charge in [-0.3, -0.25) is 14.5 Å². The lowest BCUT2D eigenvalue weighted by molar-refractivity contribution is -0.136. The molecule has 5 nitrogen and oxygen atoms in total. The highest BCUT2D eigenvalue weighted by molar-refractivity contribution is 8.26. The Morgan fingerprint density at radius 1 is 1.17 bits per heavy atom. The maximum atomic E-state index is 13.0. The van der Waals surface area contributed by atoms with Gasteiger partial charge >= 0.3 is 5.97 Å². The van der Waals surface area contributed by atoms with Crippen molar-refractivity contribution < 1.29 is 19.1 Å². The Bertz CT molecular complexity index is 1240. The van der Waals surface area contributed by atoms with E-state index in [1.54, 1.807) is 35.3 Å². The Labute approximate surface area is 224 Å². The van der Waals surface area contributed by atoms with Crippen LogP contribution in [0, 0.1) is 17.3 Å². The van der Waals surface area contributed by atoms with Gasteiger partial charge in [0.25, 0.3) is 5.91 Å². The van der Waals surface area contributed by atoms with Crippen molar-refractivity contribution in [2.45, 2.75) is 20.4 Å². The molecule has 0 bridgehead atoms. The van der Waals surface area contributed by atoms with Crippen molar-refractivity contribution in [2.24, 2.45) is 17.3 Å². The summed E-state index contributed by atoms with van der Waals surface area (Å²) >= 11 is 18.3. The van der Waals surface area contributed by atoms with Gasteiger partial charge in [-0.1, -0.05) is 97.4 Å². The highest BCUT2D eigenvalue weighted by atomic mass is 35.5. The molecule has 0 unspecified atom stereocenters. The van der Waals surface area contributed by atoms with Crippen LogP contribution in [-0.2, 0) is 16.1 Å². The van der Waals surface area contributed by atoms with Crippen molar-refractivity contribution in [1.29, 1.82) is 0 Å². The van der Waals surface area contributed by atoms with E-state index >= 15 is 0 Å². The molecule has 182 valence electrons. The van der Waals surface area contributed by atoms with E-state index < -0.39 is 0 Å². The molecule has 2 aliphatic rings. The van der Waals surface area contributed by atoms with Crippen molar-refractivity contribution in [1.82, 2.24) is 4.90 Å². The number of ether oxygens (including phenoxy) is 2. The molecule has 2 atom stereocenters. The lowest BCUT2D eigenvalue weighted by Gasteiger charge is -2.14. The summed E-state index contributed by atoms with van der Waals surface area (Å²) in [7, 11) is 1.50. The number of amides is 1. The SMILES string of the molecule is COc1cc(/C=C2\SC(=S)N(Cc3ccccc3)C2=O)ccc1OC(=O)[C@H]1[C@@H](C=C(Cl)Cl)C1(C)C. The molecule has 0 spiro atoms. The second-order valence-electron chi connectivity index (χ2n) is 8.87. The average Bonchev–Trinajstić information content (AvgIpc) is 3.25. The number of esters is 1. The number of thiocarbonyl (C=S) groups is 1. The number of rotatable bonds is 7. The topological polar surface area (TPSA) is 55.8 Å². The molecule has 1 amide bonds. The fourth-order valence-corrected chi connectivity index (χ4v) is 5.69. The van der Waals surface area contributed by atoms with E-state index in [1.807, 2.05) is 44.2 Å². The zero-order chi connectivity index (χ0) is 25.3. The summed E-state index contributed by atoms with van der Waals surface area (Å²) in [5.74, 6) is -0.292. The highest BCUT2D eigenvalue weighted by Gasteiger charge is 2.61. The van der Waals surface area contributed by atoms with Crippen LogP contribution in [0.1, 0.15) is 25.0 Å². The van der Waals surface area contributed by atoms with Gasteiger partial charge in [-0.15, -0.1) is 0 Å². The standard InChI is InChI=1S/C26H23Cl2NO4S2/c1-26(2)17(13-21(27)28)22(26)24(31)33-18-10-9-16(11-19(18)32-3)12-20-23(30)29(25(34)35-20)14-15-7-5-4-6-8-15/h4-13,17,22H,14H2,1-3H3/b20-12-/t17-,22-/m1/s1. The molecule has 1 heterocycles. The Morgan fingerprint density at radius 2 is 1.89 bits per heavy atom. The number of thioether (sulfide) groups is 1. The first-order valence-corrected chi connectivity index (χ1v) is 12.8. The summed E-state index contributed by atoms with van der Waals surface area (Å²) in [6.07, 6.45) is 3.43. The summed E-state index contributed by atoms with van der Waals surface area (Å²) in [4.78, 5) is 27.9. The lowest BCUT2D eigenvalue weighted by atomic mass is 10.1. The van der Waals surface area contributed by atoms with Crippen LogP contribution >= 0.6 is 47.2 Å². The molecule has 9 heteroatoms. The van der Waals surface area contributed by atoms with E-state index in [1.165, 1.54) is 18.9 Å². The smallest absolute Gasteiger partial charge is 0.315 e. The van der Waals surface area contributed by atoms with E-state index in [9.17, 15) is 9.59 Å². The van der Waals surface area contributed by atoms with Gasteiger partial charge in [-0.25, -0.2) is 0 Å². The second-order valence-corrected chi connectivity index (χ2v) is 11.5. The molecular weight excluding hydrogens is 525 g/mol. The molecule has 4 rings (SSSR count). The van der Waals surface area contributed by atoms with Gasteiger partial charge in [0, 0.05) is 0 Å². The van der Waals surface area contributed by atoms with E-state index in [4.69, 9.17) is 44.9 Å². The minimum absolute atomic E-state index is 0.0944. The van der Waals surface area contributed by atoms with Crippen LogP contribution in [-0.4, -0.2) is 28.2 Å². The summed E-state index contributed by atoms with van der Waals surface area (Å²) in [5.41, 5.74) is 1.43. The quantitative estimate of drug-likeness (QED) is 0.168. The molecule has 1 aliphatic carbocycles. The van der Waals surface area contributed by atoms with Crippen molar-refractivity contribution in [3.63, 3.8) is 0 Å². The third-order valence-electron chi connectivity index (χ3n) is 6.22. The lowest BCUT2D eigenvalue weighted by Crippen LogP contribution is -2.27. The van der Waals surface area contributed by atoms with Gasteiger partial charge in [0.15, 0.2) is 11.5 Å². The fraction of sp³-hybridized carbons (Fsp3) is 0.269. The Hall–Kier alpha value is -2.32. The maximum absolute atomic E-state index is 13.0. The predicted octanol–water partition coefficient (Wildman–Crippen LogP) is 6.59. The number of carbonyl (C=O) groups excluding carboxylic acids is 2. The van der Waals surface area contributed by atoms with Gasteiger partial charge in [0.2, 0.25) is 0 Å². The Morgan fingerprint density at radius 3 is 2.54 bits per heavy atom. The van der Waals surface area contributed by atoms with E-state index in [-0.39, 0.29) is 33.6 Å². The molecule has 2 aromatic rings. The molecule has 2 fully saturated rings. The van der Waals surface area contributed by atoms with Gasteiger partial charge in [-0.2, -0.15) is 0 Å². The first-order chi connectivity index (χ1) is 16.6. The number of allylic oxidation sites excluding steroid dienone is 1. The van der Waals surface area contributed by atoms with Crippen molar-refractivity contribution in [3.8, 4) is 11.5 Å². The Kier molecular flexibility index (Phi) is 7.62. The van der Waals surface area contributed by atoms with Gasteiger partial charge in [-0.05, 0) is 46.7 Å². The largest absolute Gasteiger partial charge is 0.493 e. The third kappa shape index (κ3) is 5.59. The fourth-order valence-electron chi connectivity index (χ4n) is 4.16. The van der Waals surface area contributed by atoms with Gasteiger partial charge in [0.05, 0.1) is 24.5 Å². The van der Waals surface area contributed by atoms with E-state index in [0.717, 1.165) is 11.1 Å². The molecule has 0 aromatic heterocycles. The summed E-state index contributed by atoms with van der Waals surface area (Å²) < 4.78 is 11.8. The molecule has 1 aliphatic heterocycles. The molecule has 1 saturated heterocycles. The minimum atomic E-state index is -0.376. The van der Waals surface area contributed by atoms with Crippen molar-refractivity contribution >= 4 is 69.5 Å². The van der Waals surface area contributed by atoms with E-state index in [2.05, 4.69) is 0 Å². The van der Waals surface area contributed by atoms with Crippen LogP contribution in [0.25, 0.3) is 6.08 Å². The number of nitrogens with zero attached hydrogens (tertiary/aromatic N) is 1. The number of benzene rings is 2. The van der Waals surface area contributed by atoms with Crippen LogP contribution in [0.15, 0.2) is 64.0 Å². The van der Waals surface area contributed by atoms with Crippen LogP contribution in [0.3, 0.4) is 0 Å². The molecule has 35 heavy (non-hydrogen) atoms. The van der Waals surface area contributed by atoms with Crippen molar-refractivity contribution in [2.75, 3.05) is 7.11 Å². The predicted molar refractivity (Wildman–Crippen MR) is 144 cm³/mol. The summed E-state index contributed by atoms with van der Waals surface area (Å²) in [6, 6.07) is 14.8. The number of hydrogen-bond donors (Lipinski definition) is 0. The summed E-state index contributed by atoms with van der Waals surface area (Å²) in [5, 5.41) is 0. The molecule has 0 radical (unpaired) electrons. The zero-order valence-corrected chi connectivity index (χ0v) is 22.4. The van der Waals surface area contributed by atoms with Crippen LogP contribution in [0.4, 0.5) is 0 Å². The maximum Gasteiger partial charge on any atom is 0.315 e. The Balaban J connectivity index is 1.49. The monoisotopic (exact) mass is 547 g/mol. The molecule has 0 N–H and O–H groups in total. The average molecular weight is 549 g/mol. The third-order valence-corrected chi connectivity index (χ3v) is 7.85. The van der Waals surface area contributed by atoms with Crippen LogP contribution in [0.2, 0.25) is 0 Å². The van der Waals surface area contributed by atoms with Gasteiger partial charge < -0.3 is 9.47 Å².